The first-order valence-electron chi connectivity index (χ1n) is 8.32. The highest BCUT2D eigenvalue weighted by molar-refractivity contribution is 9.10. The summed E-state index contributed by atoms with van der Waals surface area (Å²) in [6, 6.07) is 16.3. The molecule has 1 amide bonds. The second-order valence-electron chi connectivity index (χ2n) is 6.11. The van der Waals surface area contributed by atoms with Crippen molar-refractivity contribution in [2.24, 2.45) is 0 Å². The molecule has 0 aliphatic carbocycles. The van der Waals surface area contributed by atoms with E-state index in [0.29, 0.717) is 6.42 Å². The fourth-order valence-corrected chi connectivity index (χ4v) is 3.75. The molecule has 0 spiro atoms. The molecule has 3 nitrogen and oxygen atoms in total. The van der Waals surface area contributed by atoms with E-state index in [9.17, 15) is 4.79 Å². The number of nitrogens with zero attached hydrogens (tertiary/aromatic N) is 2. The van der Waals surface area contributed by atoms with Crippen molar-refractivity contribution >= 4 is 33.2 Å². The Labute approximate surface area is 155 Å². The summed E-state index contributed by atoms with van der Waals surface area (Å²) in [6.07, 6.45) is 5.03. The molecule has 0 unspecified atom stereocenters. The summed E-state index contributed by atoms with van der Waals surface area (Å²) in [5.74, 6) is 0.132. The lowest BCUT2D eigenvalue weighted by molar-refractivity contribution is -0.116. The fraction of sp³-hybridized carbons (Fsp3) is 0.143. The van der Waals surface area contributed by atoms with Crippen LogP contribution in [0, 0.1) is 0 Å². The Morgan fingerprint density at radius 3 is 2.60 bits per heavy atom. The van der Waals surface area contributed by atoms with Crippen LogP contribution in [-0.2, 0) is 17.6 Å². The Morgan fingerprint density at radius 2 is 1.88 bits per heavy atom. The molecule has 1 aromatic heterocycles. The zero-order valence-corrected chi connectivity index (χ0v) is 15.5. The van der Waals surface area contributed by atoms with Crippen molar-refractivity contribution in [1.82, 2.24) is 4.98 Å². The monoisotopic (exact) mass is 392 g/mol. The van der Waals surface area contributed by atoms with Crippen molar-refractivity contribution in [2.45, 2.75) is 19.8 Å². The Morgan fingerprint density at radius 1 is 1.08 bits per heavy atom. The van der Waals surface area contributed by atoms with Gasteiger partial charge in [-0.05, 0) is 63.3 Å². The third kappa shape index (κ3) is 2.87. The van der Waals surface area contributed by atoms with Crippen molar-refractivity contribution in [3.8, 4) is 11.1 Å². The molecule has 0 saturated carbocycles. The number of aromatic nitrogens is 1. The van der Waals surface area contributed by atoms with E-state index in [1.54, 1.807) is 6.20 Å². The number of fused-ring (bicyclic) bond motifs is 1. The number of carbonyl (C=O) groups is 1. The quantitative estimate of drug-likeness (QED) is 0.606. The largest absolute Gasteiger partial charge is 0.280 e. The zero-order chi connectivity index (χ0) is 17.4. The number of halogens is 1. The fourth-order valence-electron chi connectivity index (χ4n) is 3.39. The van der Waals surface area contributed by atoms with Crippen molar-refractivity contribution < 1.29 is 4.79 Å². The maximum absolute atomic E-state index is 12.6. The molecule has 4 rings (SSSR count). The molecule has 0 bridgehead atoms. The van der Waals surface area contributed by atoms with Crippen LogP contribution in [0.3, 0.4) is 0 Å². The van der Waals surface area contributed by atoms with Gasteiger partial charge in [0.05, 0.1) is 12.1 Å². The van der Waals surface area contributed by atoms with E-state index < -0.39 is 0 Å². The highest BCUT2D eigenvalue weighted by atomic mass is 79.9. The molecule has 0 N–H and O–H groups in total. The minimum Gasteiger partial charge on any atom is -0.280 e. The van der Waals surface area contributed by atoms with Gasteiger partial charge in [0.2, 0.25) is 5.91 Å². The van der Waals surface area contributed by atoms with E-state index in [2.05, 4.69) is 33.9 Å². The molecule has 0 radical (unpaired) electrons. The van der Waals surface area contributed by atoms with Gasteiger partial charge in [-0.1, -0.05) is 31.2 Å². The van der Waals surface area contributed by atoms with Gasteiger partial charge in [0.1, 0.15) is 0 Å². The predicted octanol–water partition coefficient (Wildman–Crippen LogP) is 5.29. The summed E-state index contributed by atoms with van der Waals surface area (Å²) in [5, 5.41) is 0. The SMILES string of the molecule is CCc1cccc2c1CC(=O)N2c1ccc(-c2cncc(Br)c2)cc1. The second-order valence-corrected chi connectivity index (χ2v) is 7.03. The summed E-state index contributed by atoms with van der Waals surface area (Å²) < 4.78 is 0.949. The van der Waals surface area contributed by atoms with Crippen molar-refractivity contribution in [2.75, 3.05) is 4.90 Å². The van der Waals surface area contributed by atoms with Gasteiger partial charge in [0, 0.05) is 28.1 Å². The zero-order valence-electron chi connectivity index (χ0n) is 13.9. The average Bonchev–Trinajstić information content (AvgIpc) is 2.97. The van der Waals surface area contributed by atoms with Crippen molar-refractivity contribution in [1.29, 1.82) is 0 Å². The Kier molecular flexibility index (Phi) is 4.14. The molecule has 2 heterocycles. The Hall–Kier alpha value is -2.46. The van der Waals surface area contributed by atoms with Crippen LogP contribution >= 0.6 is 15.9 Å². The molecule has 124 valence electrons. The van der Waals surface area contributed by atoms with Gasteiger partial charge in [-0.15, -0.1) is 0 Å². The number of hydrogen-bond donors (Lipinski definition) is 0. The maximum Gasteiger partial charge on any atom is 0.236 e. The van der Waals surface area contributed by atoms with E-state index >= 15 is 0 Å². The van der Waals surface area contributed by atoms with Gasteiger partial charge in [-0.3, -0.25) is 14.7 Å². The maximum atomic E-state index is 12.6. The van der Waals surface area contributed by atoms with Crippen LogP contribution in [0.1, 0.15) is 18.1 Å². The van der Waals surface area contributed by atoms with Crippen LogP contribution in [0.2, 0.25) is 0 Å². The number of benzene rings is 2. The first-order valence-corrected chi connectivity index (χ1v) is 9.11. The van der Waals surface area contributed by atoms with Crippen LogP contribution in [0.4, 0.5) is 11.4 Å². The van der Waals surface area contributed by atoms with Crippen LogP contribution in [0.5, 0.6) is 0 Å². The van der Waals surface area contributed by atoms with Gasteiger partial charge >= 0.3 is 0 Å². The topological polar surface area (TPSA) is 33.2 Å². The second kappa shape index (κ2) is 6.45. The number of anilines is 2. The third-order valence-electron chi connectivity index (χ3n) is 4.61. The smallest absolute Gasteiger partial charge is 0.236 e. The predicted molar refractivity (Wildman–Crippen MR) is 104 cm³/mol. The first-order chi connectivity index (χ1) is 12.2. The van der Waals surface area contributed by atoms with E-state index in [1.165, 1.54) is 5.56 Å². The lowest BCUT2D eigenvalue weighted by atomic mass is 10.0. The molecule has 1 aliphatic rings. The number of amides is 1. The van der Waals surface area contributed by atoms with E-state index in [1.807, 2.05) is 53.6 Å². The van der Waals surface area contributed by atoms with E-state index in [-0.39, 0.29) is 5.91 Å². The Balaban J connectivity index is 1.71. The summed E-state index contributed by atoms with van der Waals surface area (Å²) in [6.45, 7) is 2.13. The molecule has 2 aromatic carbocycles. The normalized spacial score (nSPS) is 13.2. The lowest BCUT2D eigenvalue weighted by Crippen LogP contribution is -2.20. The van der Waals surface area contributed by atoms with Gasteiger partial charge in [-0.2, -0.15) is 0 Å². The first kappa shape index (κ1) is 16.0. The van der Waals surface area contributed by atoms with Crippen LogP contribution in [0.25, 0.3) is 11.1 Å². The number of rotatable bonds is 3. The average molecular weight is 393 g/mol. The summed E-state index contributed by atoms with van der Waals surface area (Å²) in [7, 11) is 0. The lowest BCUT2D eigenvalue weighted by Gasteiger charge is -2.18. The number of hydrogen-bond acceptors (Lipinski definition) is 2. The molecule has 25 heavy (non-hydrogen) atoms. The van der Waals surface area contributed by atoms with Crippen LogP contribution in [-0.4, -0.2) is 10.9 Å². The van der Waals surface area contributed by atoms with Gasteiger partial charge in [-0.25, -0.2) is 0 Å². The third-order valence-corrected chi connectivity index (χ3v) is 5.04. The summed E-state index contributed by atoms with van der Waals surface area (Å²) in [4.78, 5) is 18.6. The van der Waals surface area contributed by atoms with Crippen LogP contribution < -0.4 is 4.90 Å². The van der Waals surface area contributed by atoms with Crippen molar-refractivity contribution in [3.63, 3.8) is 0 Å². The molecule has 0 fully saturated rings. The number of aryl methyl sites for hydroxylation is 1. The highest BCUT2D eigenvalue weighted by Crippen LogP contribution is 2.38. The van der Waals surface area contributed by atoms with Crippen LogP contribution in [0.15, 0.2) is 65.4 Å². The van der Waals surface area contributed by atoms with Gasteiger partial charge in [0.25, 0.3) is 0 Å². The molecule has 1 aliphatic heterocycles. The molecule has 3 aromatic rings. The molecule has 0 saturated heterocycles. The standard InChI is InChI=1S/C21H17BrN2O/c1-2-14-4-3-5-20-19(14)11-21(25)24(20)18-8-6-15(7-9-18)16-10-17(22)13-23-12-16/h3-10,12-13H,2,11H2,1H3. The molecule has 0 atom stereocenters. The summed E-state index contributed by atoms with van der Waals surface area (Å²) in [5.41, 5.74) is 6.46. The van der Waals surface area contributed by atoms with Crippen molar-refractivity contribution in [3.05, 3.63) is 76.5 Å². The number of carbonyl (C=O) groups excluding carboxylic acids is 1. The van der Waals surface area contributed by atoms with E-state index in [4.69, 9.17) is 0 Å². The van der Waals surface area contributed by atoms with Gasteiger partial charge in [0.15, 0.2) is 0 Å². The summed E-state index contributed by atoms with van der Waals surface area (Å²) >= 11 is 3.45. The molecular formula is C21H17BrN2O. The van der Waals surface area contributed by atoms with E-state index in [0.717, 1.165) is 39.0 Å². The molecule has 4 heteroatoms. The highest BCUT2D eigenvalue weighted by Gasteiger charge is 2.29. The number of pyridine rings is 1. The minimum atomic E-state index is 0.132. The van der Waals surface area contributed by atoms with Gasteiger partial charge < -0.3 is 0 Å². The Bertz CT molecular complexity index is 950. The molecular weight excluding hydrogens is 376 g/mol. The minimum absolute atomic E-state index is 0.132.